The number of ether oxygens (including phenoxy) is 1. The Bertz CT molecular complexity index is 710. The molecule has 1 saturated heterocycles. The van der Waals surface area contributed by atoms with Crippen molar-refractivity contribution in [3.05, 3.63) is 47.2 Å². The number of halogens is 1. The highest BCUT2D eigenvalue weighted by molar-refractivity contribution is 6.30. The molecular weight excluding hydrogens is 318 g/mol. The van der Waals surface area contributed by atoms with Crippen LogP contribution in [0.2, 0.25) is 5.02 Å². The summed E-state index contributed by atoms with van der Waals surface area (Å²) in [5.74, 6) is 0.0477. The number of carbonyl (C=O) groups is 1. The SMILES string of the molecule is O=C(O)[C@@H]1CCCN1c1cncc(OCc2cccc(Cl)c2)n1. The number of hydrogen-bond donors (Lipinski definition) is 1. The highest BCUT2D eigenvalue weighted by Crippen LogP contribution is 2.25. The molecule has 0 saturated carbocycles. The van der Waals surface area contributed by atoms with E-state index in [1.807, 2.05) is 18.2 Å². The van der Waals surface area contributed by atoms with Gasteiger partial charge in [0.15, 0.2) is 5.82 Å². The smallest absolute Gasteiger partial charge is 0.326 e. The molecule has 0 spiro atoms. The van der Waals surface area contributed by atoms with Crippen LogP contribution in [0, 0.1) is 0 Å². The van der Waals surface area contributed by atoms with Crippen molar-refractivity contribution in [2.75, 3.05) is 11.4 Å². The average Bonchev–Trinajstić information content (AvgIpc) is 3.03. The number of aliphatic carboxylic acids is 1. The van der Waals surface area contributed by atoms with Gasteiger partial charge in [0.05, 0.1) is 12.4 Å². The molecule has 1 N–H and O–H groups in total. The van der Waals surface area contributed by atoms with Crippen LogP contribution in [-0.2, 0) is 11.4 Å². The molecule has 120 valence electrons. The van der Waals surface area contributed by atoms with Crippen LogP contribution in [0.4, 0.5) is 5.82 Å². The topological polar surface area (TPSA) is 75.5 Å². The number of benzene rings is 1. The molecule has 0 amide bonds. The first kappa shape index (κ1) is 15.6. The summed E-state index contributed by atoms with van der Waals surface area (Å²) >= 11 is 5.94. The number of rotatable bonds is 5. The average molecular weight is 334 g/mol. The van der Waals surface area contributed by atoms with Crippen molar-refractivity contribution in [3.8, 4) is 5.88 Å². The van der Waals surface area contributed by atoms with E-state index < -0.39 is 12.0 Å². The molecule has 7 heteroatoms. The minimum absolute atomic E-state index is 0.320. The van der Waals surface area contributed by atoms with Crippen molar-refractivity contribution in [2.24, 2.45) is 0 Å². The highest BCUT2D eigenvalue weighted by atomic mass is 35.5. The molecule has 1 atom stereocenters. The zero-order chi connectivity index (χ0) is 16.2. The van der Waals surface area contributed by atoms with Crippen molar-refractivity contribution < 1.29 is 14.6 Å². The molecule has 3 rings (SSSR count). The van der Waals surface area contributed by atoms with E-state index in [9.17, 15) is 9.90 Å². The van der Waals surface area contributed by atoms with E-state index in [0.717, 1.165) is 12.0 Å². The van der Waals surface area contributed by atoms with Gasteiger partial charge in [0.1, 0.15) is 12.6 Å². The van der Waals surface area contributed by atoms with E-state index in [1.54, 1.807) is 17.2 Å². The summed E-state index contributed by atoms with van der Waals surface area (Å²) in [4.78, 5) is 21.5. The van der Waals surface area contributed by atoms with Crippen molar-refractivity contribution >= 4 is 23.4 Å². The standard InChI is InChI=1S/C16H16ClN3O3/c17-12-4-1-3-11(7-12)10-23-15-9-18-8-14(19-15)20-6-2-5-13(20)16(21)22/h1,3-4,7-9,13H,2,5-6,10H2,(H,21,22)/t13-/m0/s1. The highest BCUT2D eigenvalue weighted by Gasteiger charge is 2.31. The molecule has 2 aromatic rings. The maximum absolute atomic E-state index is 11.3. The number of hydrogen-bond acceptors (Lipinski definition) is 5. The predicted octanol–water partition coefficient (Wildman–Crippen LogP) is 2.76. The maximum Gasteiger partial charge on any atom is 0.326 e. The van der Waals surface area contributed by atoms with E-state index in [2.05, 4.69) is 9.97 Å². The second-order valence-electron chi connectivity index (χ2n) is 5.32. The Balaban J connectivity index is 1.71. The van der Waals surface area contributed by atoms with Gasteiger partial charge < -0.3 is 14.7 Å². The maximum atomic E-state index is 11.3. The van der Waals surface area contributed by atoms with Crippen molar-refractivity contribution in [2.45, 2.75) is 25.5 Å². The summed E-state index contributed by atoms with van der Waals surface area (Å²) in [5, 5.41) is 9.90. The van der Waals surface area contributed by atoms with Gasteiger partial charge in [-0.3, -0.25) is 4.98 Å². The summed E-state index contributed by atoms with van der Waals surface area (Å²) in [6, 6.07) is 6.83. The van der Waals surface area contributed by atoms with Gasteiger partial charge in [0, 0.05) is 11.6 Å². The van der Waals surface area contributed by atoms with Gasteiger partial charge in [-0.15, -0.1) is 0 Å². The molecule has 0 aliphatic carbocycles. The van der Waals surface area contributed by atoms with Crippen LogP contribution in [0.25, 0.3) is 0 Å². The Kier molecular flexibility index (Phi) is 4.62. The van der Waals surface area contributed by atoms with Gasteiger partial charge in [-0.1, -0.05) is 23.7 Å². The van der Waals surface area contributed by atoms with Gasteiger partial charge in [0.25, 0.3) is 0 Å². The van der Waals surface area contributed by atoms with Crippen LogP contribution < -0.4 is 9.64 Å². The molecule has 1 fully saturated rings. The van der Waals surface area contributed by atoms with Gasteiger partial charge >= 0.3 is 5.97 Å². The molecule has 0 unspecified atom stereocenters. The third kappa shape index (κ3) is 3.71. The lowest BCUT2D eigenvalue weighted by molar-refractivity contribution is -0.138. The minimum atomic E-state index is -0.838. The first-order valence-corrected chi connectivity index (χ1v) is 7.70. The largest absolute Gasteiger partial charge is 0.480 e. The van der Waals surface area contributed by atoms with E-state index in [1.165, 1.54) is 6.20 Å². The third-order valence-corrected chi connectivity index (χ3v) is 3.94. The first-order chi connectivity index (χ1) is 11.1. The van der Waals surface area contributed by atoms with Crippen LogP contribution in [-0.4, -0.2) is 33.6 Å². The third-order valence-electron chi connectivity index (χ3n) is 3.71. The molecule has 23 heavy (non-hydrogen) atoms. The van der Waals surface area contributed by atoms with Crippen LogP contribution >= 0.6 is 11.6 Å². The van der Waals surface area contributed by atoms with Crippen LogP contribution in [0.5, 0.6) is 5.88 Å². The van der Waals surface area contributed by atoms with E-state index in [-0.39, 0.29) is 0 Å². The van der Waals surface area contributed by atoms with E-state index >= 15 is 0 Å². The van der Waals surface area contributed by atoms with Crippen LogP contribution in [0.1, 0.15) is 18.4 Å². The van der Waals surface area contributed by atoms with Crippen molar-refractivity contribution in [3.63, 3.8) is 0 Å². The number of nitrogens with zero attached hydrogens (tertiary/aromatic N) is 3. The normalized spacial score (nSPS) is 17.3. The van der Waals surface area contributed by atoms with Gasteiger partial charge in [-0.25, -0.2) is 4.79 Å². The molecular formula is C16H16ClN3O3. The Morgan fingerprint density at radius 3 is 3.09 bits per heavy atom. The molecule has 1 aromatic carbocycles. The van der Waals surface area contributed by atoms with E-state index in [0.29, 0.717) is 36.3 Å². The second kappa shape index (κ2) is 6.83. The Morgan fingerprint density at radius 2 is 2.30 bits per heavy atom. The number of carboxylic acids is 1. The fourth-order valence-corrected chi connectivity index (χ4v) is 2.84. The summed E-state index contributed by atoms with van der Waals surface area (Å²) in [7, 11) is 0. The van der Waals surface area contributed by atoms with Crippen LogP contribution in [0.3, 0.4) is 0 Å². The van der Waals surface area contributed by atoms with E-state index in [4.69, 9.17) is 16.3 Å². The quantitative estimate of drug-likeness (QED) is 0.906. The fraction of sp³-hybridized carbons (Fsp3) is 0.312. The van der Waals surface area contributed by atoms with Crippen molar-refractivity contribution in [1.29, 1.82) is 0 Å². The summed E-state index contributed by atoms with van der Waals surface area (Å²) in [6.45, 7) is 0.977. The zero-order valence-electron chi connectivity index (χ0n) is 12.4. The van der Waals surface area contributed by atoms with Gasteiger partial charge in [0.2, 0.25) is 5.88 Å². The minimum Gasteiger partial charge on any atom is -0.480 e. The predicted molar refractivity (Wildman–Crippen MR) is 85.8 cm³/mol. The molecule has 1 aromatic heterocycles. The lowest BCUT2D eigenvalue weighted by atomic mass is 10.2. The number of carboxylic acid groups (broad SMARTS) is 1. The van der Waals surface area contributed by atoms with Crippen LogP contribution in [0.15, 0.2) is 36.7 Å². The zero-order valence-corrected chi connectivity index (χ0v) is 13.1. The second-order valence-corrected chi connectivity index (χ2v) is 5.76. The Hall–Kier alpha value is -2.34. The fourth-order valence-electron chi connectivity index (χ4n) is 2.63. The molecule has 1 aliphatic rings. The lowest BCUT2D eigenvalue weighted by Crippen LogP contribution is -2.36. The summed E-state index contributed by atoms with van der Waals surface area (Å²) in [5.41, 5.74) is 0.925. The van der Waals surface area contributed by atoms with Crippen molar-refractivity contribution in [1.82, 2.24) is 9.97 Å². The number of aromatic nitrogens is 2. The molecule has 0 bridgehead atoms. The monoisotopic (exact) mass is 333 g/mol. The van der Waals surface area contributed by atoms with Gasteiger partial charge in [-0.2, -0.15) is 4.98 Å². The first-order valence-electron chi connectivity index (χ1n) is 7.32. The van der Waals surface area contributed by atoms with Gasteiger partial charge in [-0.05, 0) is 30.5 Å². The lowest BCUT2D eigenvalue weighted by Gasteiger charge is -2.22. The number of anilines is 1. The molecule has 1 aliphatic heterocycles. The molecule has 0 radical (unpaired) electrons. The Labute approximate surface area is 138 Å². The molecule has 2 heterocycles. The summed E-state index contributed by atoms with van der Waals surface area (Å²) < 4.78 is 5.64. The summed E-state index contributed by atoms with van der Waals surface area (Å²) in [6.07, 6.45) is 4.52. The Morgan fingerprint density at radius 1 is 1.43 bits per heavy atom. The molecule has 6 nitrogen and oxygen atoms in total.